The minimum atomic E-state index is -0.911. The molecule has 0 spiro atoms. The Morgan fingerprint density at radius 2 is 1.91 bits per heavy atom. The topological polar surface area (TPSA) is 64.2 Å². The largest absolute Gasteiger partial charge is 0.489 e. The van der Waals surface area contributed by atoms with E-state index in [1.807, 2.05) is 49.4 Å². The van der Waals surface area contributed by atoms with Gasteiger partial charge in [0.15, 0.2) is 17.2 Å². The van der Waals surface area contributed by atoms with Crippen LogP contribution in [-0.4, -0.2) is 15.8 Å². The van der Waals surface area contributed by atoms with E-state index in [0.717, 1.165) is 29.5 Å². The number of Topliss-reactive ketones (excluding diaryl/α,β-unsaturated/α-hetero) is 1. The van der Waals surface area contributed by atoms with Gasteiger partial charge in [0, 0.05) is 41.6 Å². The second-order valence-electron chi connectivity index (χ2n) is 8.53. The van der Waals surface area contributed by atoms with Crippen LogP contribution in [0.15, 0.2) is 79.1 Å². The Kier molecular flexibility index (Phi) is 5.88. The Labute approximate surface area is 197 Å². The van der Waals surface area contributed by atoms with E-state index >= 15 is 0 Å². The molecular weight excluding hydrogens is 431 g/mol. The molecule has 0 radical (unpaired) electrons. The third-order valence-electron chi connectivity index (χ3n) is 6.29. The highest BCUT2D eigenvalue weighted by Gasteiger charge is 2.35. The predicted molar refractivity (Wildman–Crippen MR) is 127 cm³/mol. The summed E-state index contributed by atoms with van der Waals surface area (Å²) in [4.78, 5) is 20.3. The van der Waals surface area contributed by atoms with Crippen molar-refractivity contribution in [3.05, 3.63) is 113 Å². The van der Waals surface area contributed by atoms with E-state index in [1.54, 1.807) is 24.5 Å². The Morgan fingerprint density at radius 1 is 1.06 bits per heavy atom. The van der Waals surface area contributed by atoms with Crippen molar-refractivity contribution >= 4 is 5.78 Å². The number of imidazole rings is 1. The second kappa shape index (κ2) is 9.14. The maximum atomic E-state index is 13.7. The molecule has 1 aliphatic rings. The molecule has 5 nitrogen and oxygen atoms in total. The van der Waals surface area contributed by atoms with Gasteiger partial charge in [-0.25, -0.2) is 9.37 Å². The molecular formula is C28H25FN2O3. The predicted octanol–water partition coefficient (Wildman–Crippen LogP) is 5.99. The highest BCUT2D eigenvalue weighted by atomic mass is 19.1. The van der Waals surface area contributed by atoms with Crippen molar-refractivity contribution in [3.8, 4) is 11.5 Å². The normalized spacial score (nSPS) is 14.8. The first-order chi connectivity index (χ1) is 16.5. The molecule has 1 heterocycles. The van der Waals surface area contributed by atoms with E-state index in [0.29, 0.717) is 29.3 Å². The van der Waals surface area contributed by atoms with E-state index in [-0.39, 0.29) is 18.2 Å². The minimum Gasteiger partial charge on any atom is -0.489 e. The van der Waals surface area contributed by atoms with Crippen molar-refractivity contribution in [2.45, 2.75) is 38.4 Å². The highest BCUT2D eigenvalue weighted by molar-refractivity contribution is 5.99. The number of fused-ring (bicyclic) bond motifs is 1. The maximum Gasteiger partial charge on any atom is 0.188 e. The van der Waals surface area contributed by atoms with E-state index in [4.69, 9.17) is 9.47 Å². The minimum absolute atomic E-state index is 0.122. The van der Waals surface area contributed by atoms with Crippen molar-refractivity contribution in [3.63, 3.8) is 0 Å². The number of nitrogens with zero attached hydrogens (tertiary/aromatic N) is 1. The van der Waals surface area contributed by atoms with E-state index in [9.17, 15) is 9.18 Å². The van der Waals surface area contributed by atoms with Crippen LogP contribution in [0.25, 0.3) is 0 Å². The number of aromatic nitrogens is 2. The van der Waals surface area contributed by atoms with Gasteiger partial charge in [0.2, 0.25) is 0 Å². The maximum absolute atomic E-state index is 13.7. The number of nitrogens with one attached hydrogen (secondary N) is 1. The molecule has 1 aliphatic carbocycles. The van der Waals surface area contributed by atoms with E-state index in [1.165, 1.54) is 12.1 Å². The summed E-state index contributed by atoms with van der Waals surface area (Å²) in [6.07, 6.45) is 5.52. The molecule has 1 N–H and O–H groups in total. The zero-order valence-corrected chi connectivity index (χ0v) is 18.9. The van der Waals surface area contributed by atoms with Gasteiger partial charge in [0.25, 0.3) is 0 Å². The third kappa shape index (κ3) is 4.19. The molecule has 0 amide bonds. The van der Waals surface area contributed by atoms with Crippen molar-refractivity contribution in [2.75, 3.05) is 0 Å². The molecule has 0 aliphatic heterocycles. The lowest BCUT2D eigenvalue weighted by atomic mass is 9.86. The van der Waals surface area contributed by atoms with Crippen LogP contribution in [0, 0.1) is 5.82 Å². The first-order valence-corrected chi connectivity index (χ1v) is 11.4. The first-order valence-electron chi connectivity index (χ1n) is 11.4. The van der Waals surface area contributed by atoms with Crippen LogP contribution >= 0.6 is 0 Å². The fourth-order valence-corrected chi connectivity index (χ4v) is 4.49. The first kappa shape index (κ1) is 21.9. The van der Waals surface area contributed by atoms with Gasteiger partial charge >= 0.3 is 0 Å². The summed E-state index contributed by atoms with van der Waals surface area (Å²) in [5.41, 5.74) is 2.45. The number of aromatic amines is 1. The van der Waals surface area contributed by atoms with Crippen LogP contribution < -0.4 is 9.47 Å². The average molecular weight is 457 g/mol. The van der Waals surface area contributed by atoms with Gasteiger partial charge in [-0.05, 0) is 49.6 Å². The highest BCUT2D eigenvalue weighted by Crippen LogP contribution is 2.38. The summed E-state index contributed by atoms with van der Waals surface area (Å²) in [6, 6.07) is 19.6. The fraction of sp³-hybridized carbons (Fsp3) is 0.214. The number of hydrogen-bond donors (Lipinski definition) is 1. The van der Waals surface area contributed by atoms with Crippen LogP contribution in [-0.2, 0) is 18.6 Å². The molecule has 5 rings (SSSR count). The van der Waals surface area contributed by atoms with Gasteiger partial charge in [-0.3, -0.25) is 4.79 Å². The molecule has 0 unspecified atom stereocenters. The van der Waals surface area contributed by atoms with Crippen molar-refractivity contribution in [1.82, 2.24) is 9.97 Å². The molecule has 34 heavy (non-hydrogen) atoms. The number of ketones is 1. The van der Waals surface area contributed by atoms with Gasteiger partial charge in [-0.1, -0.05) is 36.4 Å². The van der Waals surface area contributed by atoms with Crippen molar-refractivity contribution < 1.29 is 18.7 Å². The molecule has 172 valence electrons. The van der Waals surface area contributed by atoms with E-state index < -0.39 is 5.60 Å². The summed E-state index contributed by atoms with van der Waals surface area (Å²) in [5.74, 6) is 1.44. The van der Waals surface area contributed by atoms with Crippen LogP contribution in [0.4, 0.5) is 4.39 Å². The quantitative estimate of drug-likeness (QED) is 0.371. The van der Waals surface area contributed by atoms with Gasteiger partial charge < -0.3 is 14.5 Å². The molecule has 0 saturated heterocycles. The van der Waals surface area contributed by atoms with Crippen LogP contribution in [0.1, 0.15) is 52.6 Å². The lowest BCUT2D eigenvalue weighted by Crippen LogP contribution is -2.33. The second-order valence-corrected chi connectivity index (χ2v) is 8.53. The molecule has 6 heteroatoms. The van der Waals surface area contributed by atoms with Gasteiger partial charge in [0.05, 0.1) is 0 Å². The summed E-state index contributed by atoms with van der Waals surface area (Å²) in [6.45, 7) is 2.11. The Hall–Kier alpha value is -3.93. The Bertz CT molecular complexity index is 1300. The Balaban J connectivity index is 1.58. The molecule has 1 aromatic heterocycles. The number of benzene rings is 3. The monoisotopic (exact) mass is 456 g/mol. The molecule has 4 aromatic rings. The SMILES string of the molecule is C[C@](Oc1ccc2c(c1COc1cccc(F)c1)CCCC2=O)(c1ccccc1)c1ncc[nH]1. The molecule has 3 aromatic carbocycles. The number of H-pyrrole nitrogens is 1. The summed E-state index contributed by atoms with van der Waals surface area (Å²) >= 11 is 0. The summed E-state index contributed by atoms with van der Waals surface area (Å²) < 4.78 is 26.4. The van der Waals surface area contributed by atoms with Gasteiger partial charge in [-0.15, -0.1) is 0 Å². The standard InChI is InChI=1S/C28H25FN2O3/c1-28(27-30-15-16-31-27,19-7-3-2-4-8-19)34-26-14-13-23-22(11-6-12-25(23)32)24(26)18-33-21-10-5-9-20(29)17-21/h2-5,7-10,13-17H,6,11-12,18H2,1H3,(H,30,31)/t28-/m0/s1. The molecule has 0 saturated carbocycles. The summed E-state index contributed by atoms with van der Waals surface area (Å²) in [7, 11) is 0. The van der Waals surface area contributed by atoms with Gasteiger partial charge in [-0.2, -0.15) is 0 Å². The van der Waals surface area contributed by atoms with Crippen molar-refractivity contribution in [1.29, 1.82) is 0 Å². The smallest absolute Gasteiger partial charge is 0.188 e. The zero-order chi connectivity index (χ0) is 23.5. The van der Waals surface area contributed by atoms with Gasteiger partial charge in [0.1, 0.15) is 23.9 Å². The lowest BCUT2D eigenvalue weighted by Gasteiger charge is -2.32. The number of rotatable bonds is 7. The number of carbonyl (C=O) groups is 1. The molecule has 0 bridgehead atoms. The Morgan fingerprint density at radius 3 is 2.68 bits per heavy atom. The number of hydrogen-bond acceptors (Lipinski definition) is 4. The van der Waals surface area contributed by atoms with E-state index in [2.05, 4.69) is 9.97 Å². The summed E-state index contributed by atoms with van der Waals surface area (Å²) in [5, 5.41) is 0. The molecule has 1 atom stereocenters. The van der Waals surface area contributed by atoms with Crippen molar-refractivity contribution in [2.24, 2.45) is 0 Å². The molecule has 0 fully saturated rings. The fourth-order valence-electron chi connectivity index (χ4n) is 4.49. The third-order valence-corrected chi connectivity index (χ3v) is 6.29. The van der Waals surface area contributed by atoms with Crippen LogP contribution in [0.3, 0.4) is 0 Å². The average Bonchev–Trinajstić information content (AvgIpc) is 3.40. The van der Waals surface area contributed by atoms with Crippen LogP contribution in [0.5, 0.6) is 11.5 Å². The number of ether oxygens (including phenoxy) is 2. The zero-order valence-electron chi connectivity index (χ0n) is 18.9. The van der Waals surface area contributed by atoms with Crippen LogP contribution in [0.2, 0.25) is 0 Å². The number of carbonyl (C=O) groups excluding carboxylic acids is 1. The lowest BCUT2D eigenvalue weighted by molar-refractivity contribution is 0.0970. The number of halogens is 1.